The van der Waals surface area contributed by atoms with Crippen LogP contribution in [0.3, 0.4) is 0 Å². The summed E-state index contributed by atoms with van der Waals surface area (Å²) in [6.45, 7) is 4.04. The molecule has 0 N–H and O–H groups in total. The molecule has 2 aromatic heterocycles. The maximum Gasteiger partial charge on any atom is 0.374 e. The highest BCUT2D eigenvalue weighted by molar-refractivity contribution is 6.00. The fraction of sp³-hybridized carbons (Fsp3) is 0.192. The van der Waals surface area contributed by atoms with Gasteiger partial charge in [0.2, 0.25) is 18.3 Å². The molecule has 0 fully saturated rings. The first kappa shape index (κ1) is 21.5. The number of hydrogen-bond donors (Lipinski definition) is 0. The first-order chi connectivity index (χ1) is 16.4. The number of aromatic nitrogens is 1. The van der Waals surface area contributed by atoms with Crippen molar-refractivity contribution in [1.29, 1.82) is 0 Å². The van der Waals surface area contributed by atoms with Crippen LogP contribution in [0.15, 0.2) is 63.8 Å². The number of esters is 1. The molecule has 0 atom stereocenters. The van der Waals surface area contributed by atoms with Crippen LogP contribution < -0.4 is 14.9 Å². The van der Waals surface area contributed by atoms with Crippen molar-refractivity contribution in [3.63, 3.8) is 0 Å². The average molecular weight is 459 g/mol. The van der Waals surface area contributed by atoms with Gasteiger partial charge in [0, 0.05) is 29.6 Å². The minimum Gasteiger partial charge on any atom is -0.454 e. The molecule has 1 aliphatic rings. The highest BCUT2D eigenvalue weighted by Gasteiger charge is 2.20. The number of benzene rings is 2. The van der Waals surface area contributed by atoms with E-state index in [9.17, 15) is 14.4 Å². The van der Waals surface area contributed by atoms with Gasteiger partial charge in [0.05, 0.1) is 5.39 Å². The van der Waals surface area contributed by atoms with Gasteiger partial charge in [-0.2, -0.15) is 0 Å². The van der Waals surface area contributed by atoms with E-state index in [2.05, 4.69) is 0 Å². The Hall–Kier alpha value is -4.33. The van der Waals surface area contributed by atoms with E-state index in [1.165, 1.54) is 0 Å². The molecule has 0 radical (unpaired) electrons. The Morgan fingerprint density at radius 3 is 2.65 bits per heavy atom. The Labute approximate surface area is 194 Å². The SMILES string of the molecule is Cc1cc(C(=O)COC(=O)c2cc(=O)c3ccccc3o2)c(C)n1Cc1ccc2c(c1)OCO2. The Morgan fingerprint density at radius 2 is 1.79 bits per heavy atom. The number of ketones is 1. The number of ether oxygens (including phenoxy) is 3. The number of hydrogen-bond acceptors (Lipinski definition) is 7. The normalized spacial score (nSPS) is 12.2. The van der Waals surface area contributed by atoms with Crippen LogP contribution in [0.4, 0.5) is 0 Å². The monoisotopic (exact) mass is 459 g/mol. The summed E-state index contributed by atoms with van der Waals surface area (Å²) >= 11 is 0. The summed E-state index contributed by atoms with van der Waals surface area (Å²) in [7, 11) is 0. The summed E-state index contributed by atoms with van der Waals surface area (Å²) in [5, 5.41) is 0.366. The smallest absolute Gasteiger partial charge is 0.374 e. The lowest BCUT2D eigenvalue weighted by Crippen LogP contribution is -2.16. The highest BCUT2D eigenvalue weighted by Crippen LogP contribution is 2.33. The third-order valence-corrected chi connectivity index (χ3v) is 5.82. The van der Waals surface area contributed by atoms with Crippen LogP contribution in [0.1, 0.15) is 37.9 Å². The van der Waals surface area contributed by atoms with E-state index in [-0.39, 0.29) is 29.3 Å². The molecule has 172 valence electrons. The molecular formula is C26H21NO7. The molecule has 0 saturated carbocycles. The van der Waals surface area contributed by atoms with Crippen LogP contribution in [0.5, 0.6) is 11.5 Å². The molecular weight excluding hydrogens is 438 g/mol. The first-order valence-electron chi connectivity index (χ1n) is 10.7. The van der Waals surface area contributed by atoms with Crippen LogP contribution in [-0.2, 0) is 11.3 Å². The average Bonchev–Trinajstić information content (AvgIpc) is 3.41. The van der Waals surface area contributed by atoms with Crippen LogP contribution >= 0.6 is 0 Å². The van der Waals surface area contributed by atoms with E-state index in [1.54, 1.807) is 30.3 Å². The molecule has 0 unspecified atom stereocenters. The van der Waals surface area contributed by atoms with Gasteiger partial charge in [-0.1, -0.05) is 18.2 Å². The lowest BCUT2D eigenvalue weighted by Gasteiger charge is -2.11. The summed E-state index contributed by atoms with van der Waals surface area (Å²) in [5.41, 5.74) is 3.04. The molecule has 8 heteroatoms. The van der Waals surface area contributed by atoms with Crippen molar-refractivity contribution < 1.29 is 28.2 Å². The molecule has 0 aliphatic carbocycles. The number of carbonyl (C=O) groups excluding carboxylic acids is 2. The molecule has 8 nitrogen and oxygen atoms in total. The van der Waals surface area contributed by atoms with Crippen molar-refractivity contribution in [2.24, 2.45) is 0 Å². The van der Waals surface area contributed by atoms with E-state index >= 15 is 0 Å². The maximum atomic E-state index is 12.8. The van der Waals surface area contributed by atoms with E-state index in [1.807, 2.05) is 36.6 Å². The van der Waals surface area contributed by atoms with Crippen LogP contribution in [-0.4, -0.2) is 29.7 Å². The van der Waals surface area contributed by atoms with Crippen molar-refractivity contribution in [1.82, 2.24) is 4.57 Å². The van der Waals surface area contributed by atoms with E-state index < -0.39 is 12.6 Å². The van der Waals surface area contributed by atoms with Gasteiger partial charge < -0.3 is 23.2 Å². The summed E-state index contributed by atoms with van der Waals surface area (Å²) < 4.78 is 23.4. The fourth-order valence-corrected chi connectivity index (χ4v) is 4.03. The van der Waals surface area contributed by atoms with Crippen LogP contribution in [0, 0.1) is 13.8 Å². The number of para-hydroxylation sites is 1. The quantitative estimate of drug-likeness (QED) is 0.317. The number of nitrogens with zero attached hydrogens (tertiary/aromatic N) is 1. The van der Waals surface area contributed by atoms with Crippen LogP contribution in [0.25, 0.3) is 11.0 Å². The van der Waals surface area contributed by atoms with Crippen LogP contribution in [0.2, 0.25) is 0 Å². The van der Waals surface area contributed by atoms with Gasteiger partial charge in [0.15, 0.2) is 23.5 Å². The van der Waals surface area contributed by atoms with Crippen molar-refractivity contribution in [2.75, 3.05) is 13.4 Å². The predicted octanol–water partition coefficient (Wildman–Crippen LogP) is 4.03. The van der Waals surface area contributed by atoms with Crippen molar-refractivity contribution in [3.05, 3.63) is 93.1 Å². The maximum absolute atomic E-state index is 12.8. The zero-order valence-electron chi connectivity index (χ0n) is 18.6. The second-order valence-corrected chi connectivity index (χ2v) is 8.03. The molecule has 1 aliphatic heterocycles. The lowest BCUT2D eigenvalue weighted by molar-refractivity contribution is 0.0444. The van der Waals surface area contributed by atoms with Gasteiger partial charge >= 0.3 is 5.97 Å². The third-order valence-electron chi connectivity index (χ3n) is 5.82. The molecule has 4 aromatic rings. The summed E-state index contributed by atoms with van der Waals surface area (Å²) in [6.07, 6.45) is 0. The highest BCUT2D eigenvalue weighted by atomic mass is 16.7. The Balaban J connectivity index is 1.30. The molecule has 34 heavy (non-hydrogen) atoms. The minimum absolute atomic E-state index is 0.209. The molecule has 0 spiro atoms. The number of Topliss-reactive ketones (excluding diaryl/α,β-unsaturated/α-hetero) is 1. The number of aryl methyl sites for hydroxylation is 1. The topological polar surface area (TPSA) is 97.0 Å². The van der Waals surface area contributed by atoms with Crippen molar-refractivity contribution in [2.45, 2.75) is 20.4 Å². The van der Waals surface area contributed by atoms with E-state index in [4.69, 9.17) is 18.6 Å². The van der Waals surface area contributed by atoms with Gasteiger partial charge in [0.1, 0.15) is 5.58 Å². The third kappa shape index (κ3) is 3.94. The first-order valence-corrected chi connectivity index (χ1v) is 10.7. The molecule has 0 amide bonds. The number of rotatable bonds is 6. The zero-order valence-corrected chi connectivity index (χ0v) is 18.6. The Kier molecular flexibility index (Phi) is 5.41. The molecule has 2 aromatic carbocycles. The molecule has 0 saturated heterocycles. The summed E-state index contributed by atoms with van der Waals surface area (Å²) in [5.74, 6) is -0.0511. The van der Waals surface area contributed by atoms with Crippen molar-refractivity contribution in [3.8, 4) is 11.5 Å². The Morgan fingerprint density at radius 1 is 1.00 bits per heavy atom. The van der Waals surface area contributed by atoms with Gasteiger partial charge in [-0.05, 0) is 49.7 Å². The molecule has 3 heterocycles. The van der Waals surface area contributed by atoms with Gasteiger partial charge in [0.25, 0.3) is 0 Å². The number of carbonyl (C=O) groups is 2. The fourth-order valence-electron chi connectivity index (χ4n) is 4.03. The van der Waals surface area contributed by atoms with E-state index in [0.29, 0.717) is 29.0 Å². The zero-order chi connectivity index (χ0) is 23.8. The lowest BCUT2D eigenvalue weighted by atomic mass is 10.1. The molecule has 0 bridgehead atoms. The second-order valence-electron chi connectivity index (χ2n) is 8.03. The molecule has 5 rings (SSSR count). The predicted molar refractivity (Wildman–Crippen MR) is 123 cm³/mol. The standard InChI is InChI=1S/C26H21NO7/c1-15-9-19(16(2)27(15)12-17-7-8-23-24(10-17)33-14-32-23)21(29)13-31-26(30)25-11-20(28)18-5-3-4-6-22(18)34-25/h3-11H,12-14H2,1-2H3. The van der Waals surface area contributed by atoms with E-state index in [0.717, 1.165) is 23.0 Å². The minimum atomic E-state index is -0.870. The largest absolute Gasteiger partial charge is 0.454 e. The second kappa shape index (κ2) is 8.55. The van der Waals surface area contributed by atoms with Gasteiger partial charge in [-0.25, -0.2) is 4.79 Å². The van der Waals surface area contributed by atoms with Gasteiger partial charge in [-0.3, -0.25) is 9.59 Å². The Bertz CT molecular complexity index is 1500. The van der Waals surface area contributed by atoms with Crippen molar-refractivity contribution >= 4 is 22.7 Å². The van der Waals surface area contributed by atoms with Gasteiger partial charge in [-0.15, -0.1) is 0 Å². The number of fused-ring (bicyclic) bond motifs is 2. The summed E-state index contributed by atoms with van der Waals surface area (Å²) in [4.78, 5) is 37.5. The summed E-state index contributed by atoms with van der Waals surface area (Å²) in [6, 6.07) is 15.2.